The molecule has 0 radical (unpaired) electrons. The summed E-state index contributed by atoms with van der Waals surface area (Å²) >= 11 is 11.7. The first-order chi connectivity index (χ1) is 8.54. The van der Waals surface area contributed by atoms with Crippen molar-refractivity contribution in [1.29, 1.82) is 0 Å². The predicted octanol–water partition coefficient (Wildman–Crippen LogP) is 2.89. The summed E-state index contributed by atoms with van der Waals surface area (Å²) in [6.45, 7) is 0.579. The maximum absolute atomic E-state index is 11.6. The van der Waals surface area contributed by atoms with Crippen LogP contribution in [0.3, 0.4) is 0 Å². The van der Waals surface area contributed by atoms with Gasteiger partial charge in [-0.2, -0.15) is 0 Å². The van der Waals surface area contributed by atoms with Crippen molar-refractivity contribution >= 4 is 34.9 Å². The van der Waals surface area contributed by atoms with Gasteiger partial charge < -0.3 is 15.7 Å². The van der Waals surface area contributed by atoms with Gasteiger partial charge in [0.15, 0.2) is 0 Å². The van der Waals surface area contributed by atoms with Crippen molar-refractivity contribution in [3.05, 3.63) is 28.2 Å². The van der Waals surface area contributed by atoms with Crippen LogP contribution in [0.15, 0.2) is 18.2 Å². The molecule has 0 bridgehead atoms. The van der Waals surface area contributed by atoms with Crippen LogP contribution < -0.4 is 10.6 Å². The first kappa shape index (κ1) is 13.5. The number of aliphatic hydroxyl groups excluding tert-OH is 1. The highest BCUT2D eigenvalue weighted by Gasteiger charge is 2.42. The molecule has 0 heterocycles. The maximum atomic E-state index is 11.6. The third-order valence-electron chi connectivity index (χ3n) is 3.10. The van der Waals surface area contributed by atoms with E-state index in [0.29, 0.717) is 22.3 Å². The van der Waals surface area contributed by atoms with Crippen molar-refractivity contribution in [3.8, 4) is 0 Å². The molecule has 6 heteroatoms. The average molecular weight is 289 g/mol. The van der Waals surface area contributed by atoms with Gasteiger partial charge in [0, 0.05) is 17.0 Å². The summed E-state index contributed by atoms with van der Waals surface area (Å²) in [7, 11) is 0. The summed E-state index contributed by atoms with van der Waals surface area (Å²) in [6.07, 6.45) is 1.90. The fraction of sp³-hybridized carbons (Fsp3) is 0.417. The van der Waals surface area contributed by atoms with E-state index in [2.05, 4.69) is 10.6 Å². The highest BCUT2D eigenvalue weighted by atomic mass is 35.5. The van der Waals surface area contributed by atoms with Crippen molar-refractivity contribution in [2.45, 2.75) is 12.8 Å². The van der Waals surface area contributed by atoms with Crippen LogP contribution in [0.4, 0.5) is 10.5 Å². The number of halogens is 2. The van der Waals surface area contributed by atoms with E-state index in [9.17, 15) is 4.79 Å². The molecule has 1 saturated carbocycles. The molecule has 0 aromatic heterocycles. The summed E-state index contributed by atoms with van der Waals surface area (Å²) < 4.78 is 0. The zero-order valence-electron chi connectivity index (χ0n) is 9.67. The molecule has 0 saturated heterocycles. The van der Waals surface area contributed by atoms with E-state index in [0.717, 1.165) is 12.8 Å². The number of rotatable bonds is 4. The third kappa shape index (κ3) is 3.28. The molecular weight excluding hydrogens is 275 g/mol. The van der Waals surface area contributed by atoms with E-state index in [-0.39, 0.29) is 18.1 Å². The molecule has 2 amide bonds. The van der Waals surface area contributed by atoms with Gasteiger partial charge in [-0.15, -0.1) is 0 Å². The Hall–Kier alpha value is -0.970. The second-order valence-electron chi connectivity index (χ2n) is 4.59. The molecule has 4 nitrogen and oxygen atoms in total. The van der Waals surface area contributed by atoms with Crippen molar-refractivity contribution < 1.29 is 9.90 Å². The Morgan fingerprint density at radius 2 is 2.11 bits per heavy atom. The normalized spacial score (nSPS) is 16.2. The highest BCUT2D eigenvalue weighted by Crippen LogP contribution is 2.44. The molecule has 0 aliphatic heterocycles. The molecular formula is C12H14Cl2N2O2. The molecule has 2 rings (SSSR count). The molecule has 1 fully saturated rings. The van der Waals surface area contributed by atoms with Gasteiger partial charge in [0.2, 0.25) is 0 Å². The van der Waals surface area contributed by atoms with Gasteiger partial charge in [0.25, 0.3) is 0 Å². The summed E-state index contributed by atoms with van der Waals surface area (Å²) in [5.74, 6) is 0. The van der Waals surface area contributed by atoms with Crippen LogP contribution >= 0.6 is 23.2 Å². The number of urea groups is 1. The topological polar surface area (TPSA) is 61.4 Å². The first-order valence-electron chi connectivity index (χ1n) is 5.65. The smallest absolute Gasteiger partial charge is 0.319 e. The number of hydrogen-bond donors (Lipinski definition) is 3. The Morgan fingerprint density at radius 3 is 2.67 bits per heavy atom. The number of nitrogens with one attached hydrogen (secondary N) is 2. The van der Waals surface area contributed by atoms with Crippen LogP contribution in [-0.4, -0.2) is 24.3 Å². The number of aliphatic hydroxyl groups is 1. The van der Waals surface area contributed by atoms with E-state index >= 15 is 0 Å². The Morgan fingerprint density at radius 1 is 1.39 bits per heavy atom. The molecule has 3 N–H and O–H groups in total. The number of amides is 2. The number of carbonyl (C=O) groups is 1. The van der Waals surface area contributed by atoms with Gasteiger partial charge >= 0.3 is 6.03 Å². The first-order valence-corrected chi connectivity index (χ1v) is 6.41. The van der Waals surface area contributed by atoms with Crippen LogP contribution in [0.2, 0.25) is 10.0 Å². The van der Waals surface area contributed by atoms with E-state index in [1.807, 2.05) is 0 Å². The summed E-state index contributed by atoms with van der Waals surface area (Å²) in [6, 6.07) is 4.52. The lowest BCUT2D eigenvalue weighted by Crippen LogP contribution is -2.35. The number of carbonyl (C=O) groups excluding carboxylic acids is 1. The van der Waals surface area contributed by atoms with Crippen molar-refractivity contribution in [1.82, 2.24) is 5.32 Å². The molecule has 1 aliphatic carbocycles. The van der Waals surface area contributed by atoms with E-state index in [1.54, 1.807) is 18.2 Å². The highest BCUT2D eigenvalue weighted by molar-refractivity contribution is 6.36. The van der Waals surface area contributed by atoms with Gasteiger partial charge in [-0.05, 0) is 31.0 Å². The summed E-state index contributed by atoms with van der Waals surface area (Å²) in [4.78, 5) is 11.6. The number of hydrogen-bond acceptors (Lipinski definition) is 2. The van der Waals surface area contributed by atoms with Gasteiger partial charge in [-0.3, -0.25) is 0 Å². The zero-order chi connectivity index (χ0) is 13.2. The molecule has 0 spiro atoms. The van der Waals surface area contributed by atoms with Crippen molar-refractivity contribution in [2.75, 3.05) is 18.5 Å². The largest absolute Gasteiger partial charge is 0.396 e. The number of benzene rings is 1. The Balaban J connectivity index is 1.87. The molecule has 1 aliphatic rings. The van der Waals surface area contributed by atoms with Crippen molar-refractivity contribution in [2.24, 2.45) is 5.41 Å². The van der Waals surface area contributed by atoms with Crippen LogP contribution in [0.5, 0.6) is 0 Å². The fourth-order valence-electron chi connectivity index (χ4n) is 1.59. The summed E-state index contributed by atoms with van der Waals surface area (Å²) in [5, 5.41) is 15.4. The van der Waals surface area contributed by atoms with Gasteiger partial charge in [-0.1, -0.05) is 23.2 Å². The lowest BCUT2D eigenvalue weighted by molar-refractivity contribution is 0.206. The summed E-state index contributed by atoms with van der Waals surface area (Å²) in [5.41, 5.74) is 0.397. The number of anilines is 1. The van der Waals surface area contributed by atoms with E-state index in [1.165, 1.54) is 0 Å². The van der Waals surface area contributed by atoms with Crippen LogP contribution in [0.1, 0.15) is 12.8 Å². The Kier molecular flexibility index (Phi) is 4.00. The lowest BCUT2D eigenvalue weighted by Gasteiger charge is -2.14. The van der Waals surface area contributed by atoms with Crippen LogP contribution in [0, 0.1) is 5.41 Å². The van der Waals surface area contributed by atoms with Gasteiger partial charge in [-0.25, -0.2) is 4.79 Å². The molecule has 1 aromatic rings. The quantitative estimate of drug-likeness (QED) is 0.798. The molecule has 0 atom stereocenters. The SMILES string of the molecule is O=C(NCC1(CO)CC1)Nc1ccc(Cl)cc1Cl. The lowest BCUT2D eigenvalue weighted by atomic mass is 10.1. The van der Waals surface area contributed by atoms with Crippen LogP contribution in [0.25, 0.3) is 0 Å². The van der Waals surface area contributed by atoms with Gasteiger partial charge in [0.05, 0.1) is 17.3 Å². The maximum Gasteiger partial charge on any atom is 0.319 e. The molecule has 0 unspecified atom stereocenters. The zero-order valence-corrected chi connectivity index (χ0v) is 11.2. The molecule has 1 aromatic carbocycles. The van der Waals surface area contributed by atoms with Crippen LogP contribution in [-0.2, 0) is 0 Å². The predicted molar refractivity (Wildman–Crippen MR) is 72.2 cm³/mol. The molecule has 18 heavy (non-hydrogen) atoms. The minimum absolute atomic E-state index is 0.106. The second kappa shape index (κ2) is 5.34. The van der Waals surface area contributed by atoms with Gasteiger partial charge in [0.1, 0.15) is 0 Å². The standard InChI is InChI=1S/C12H14Cl2N2O2/c13-8-1-2-10(9(14)5-8)16-11(18)15-6-12(7-17)3-4-12/h1-2,5,17H,3-4,6-7H2,(H2,15,16,18). The fourth-order valence-corrected chi connectivity index (χ4v) is 2.05. The monoisotopic (exact) mass is 288 g/mol. The minimum Gasteiger partial charge on any atom is -0.396 e. The van der Waals surface area contributed by atoms with E-state index < -0.39 is 0 Å². The van der Waals surface area contributed by atoms with E-state index in [4.69, 9.17) is 28.3 Å². The average Bonchev–Trinajstić information content (AvgIpc) is 3.11. The Bertz CT molecular complexity index is 461. The second-order valence-corrected chi connectivity index (χ2v) is 5.43. The minimum atomic E-state index is -0.334. The third-order valence-corrected chi connectivity index (χ3v) is 3.64. The van der Waals surface area contributed by atoms with Crippen molar-refractivity contribution in [3.63, 3.8) is 0 Å². The molecule has 98 valence electrons. The Labute approximate surface area is 115 Å².